The molecule has 0 amide bonds. The summed E-state index contributed by atoms with van der Waals surface area (Å²) in [4.78, 5) is 24.0. The molecular formula is C15H13NO2. The molecular weight excluding hydrogens is 226 g/mol. The van der Waals surface area contributed by atoms with Crippen molar-refractivity contribution in [1.82, 2.24) is 0 Å². The highest BCUT2D eigenvalue weighted by Gasteiger charge is 2.17. The zero-order valence-corrected chi connectivity index (χ0v) is 10.0. The summed E-state index contributed by atoms with van der Waals surface area (Å²) in [6, 6.07) is 13.3. The third-order valence-corrected chi connectivity index (χ3v) is 2.67. The summed E-state index contributed by atoms with van der Waals surface area (Å²) in [6.07, 6.45) is 0. The van der Waals surface area contributed by atoms with Gasteiger partial charge in [0.05, 0.1) is 0 Å². The van der Waals surface area contributed by atoms with E-state index in [1.807, 2.05) is 6.92 Å². The van der Waals surface area contributed by atoms with Crippen LogP contribution in [-0.4, -0.2) is 11.6 Å². The Labute approximate surface area is 105 Å². The average Bonchev–Trinajstić information content (AvgIpc) is 2.38. The number of hydrogen-bond donors (Lipinski definition) is 1. The predicted molar refractivity (Wildman–Crippen MR) is 70.7 cm³/mol. The smallest absolute Gasteiger partial charge is 0.233 e. The minimum absolute atomic E-state index is 0.320. The van der Waals surface area contributed by atoms with Crippen molar-refractivity contribution >= 4 is 17.3 Å². The zero-order chi connectivity index (χ0) is 13.1. The maximum Gasteiger partial charge on any atom is 0.233 e. The Hall–Kier alpha value is -2.42. The van der Waals surface area contributed by atoms with Gasteiger partial charge in [-0.25, -0.2) is 0 Å². The first-order chi connectivity index (χ1) is 8.58. The molecule has 0 atom stereocenters. The van der Waals surface area contributed by atoms with Crippen molar-refractivity contribution in [2.75, 3.05) is 5.73 Å². The molecule has 0 saturated carbocycles. The standard InChI is InChI=1S/C15H13NO2/c1-10-5-7-11(8-6-10)14(17)15(18)12-3-2-4-13(16)9-12/h2-9H,16H2,1H3. The molecule has 0 spiro atoms. The van der Waals surface area contributed by atoms with E-state index in [0.29, 0.717) is 16.8 Å². The summed E-state index contributed by atoms with van der Waals surface area (Å²) in [5.41, 5.74) is 7.82. The molecule has 0 aliphatic heterocycles. The Balaban J connectivity index is 2.29. The van der Waals surface area contributed by atoms with E-state index < -0.39 is 11.6 Å². The van der Waals surface area contributed by atoms with Crippen LogP contribution >= 0.6 is 0 Å². The second-order valence-corrected chi connectivity index (χ2v) is 4.15. The Morgan fingerprint density at radius 2 is 1.50 bits per heavy atom. The molecule has 0 aromatic heterocycles. The Morgan fingerprint density at radius 1 is 0.889 bits per heavy atom. The maximum absolute atomic E-state index is 12.0. The minimum atomic E-state index is -0.536. The number of nitrogens with two attached hydrogens (primary N) is 1. The van der Waals surface area contributed by atoms with E-state index in [-0.39, 0.29) is 0 Å². The molecule has 0 heterocycles. The third kappa shape index (κ3) is 2.46. The first-order valence-corrected chi connectivity index (χ1v) is 5.59. The van der Waals surface area contributed by atoms with Crippen LogP contribution in [0.3, 0.4) is 0 Å². The molecule has 2 rings (SSSR count). The lowest BCUT2D eigenvalue weighted by Gasteiger charge is -2.02. The molecule has 2 aromatic rings. The van der Waals surface area contributed by atoms with Crippen molar-refractivity contribution in [2.24, 2.45) is 0 Å². The van der Waals surface area contributed by atoms with Crippen molar-refractivity contribution in [3.05, 3.63) is 65.2 Å². The van der Waals surface area contributed by atoms with Crippen LogP contribution in [0.1, 0.15) is 26.3 Å². The molecule has 0 unspecified atom stereocenters. The van der Waals surface area contributed by atoms with Crippen molar-refractivity contribution in [1.29, 1.82) is 0 Å². The third-order valence-electron chi connectivity index (χ3n) is 2.67. The van der Waals surface area contributed by atoms with E-state index in [1.54, 1.807) is 42.5 Å². The second-order valence-electron chi connectivity index (χ2n) is 4.15. The van der Waals surface area contributed by atoms with Crippen LogP contribution in [0.15, 0.2) is 48.5 Å². The zero-order valence-electron chi connectivity index (χ0n) is 10.0. The fourth-order valence-electron chi connectivity index (χ4n) is 1.65. The summed E-state index contributed by atoms with van der Waals surface area (Å²) in [6.45, 7) is 1.92. The molecule has 90 valence electrons. The number of Topliss-reactive ketones (excluding diaryl/α,β-unsaturated/α-hetero) is 2. The van der Waals surface area contributed by atoms with E-state index in [4.69, 9.17) is 5.73 Å². The van der Waals surface area contributed by atoms with Crippen LogP contribution in [0.5, 0.6) is 0 Å². The van der Waals surface area contributed by atoms with Gasteiger partial charge in [-0.3, -0.25) is 9.59 Å². The van der Waals surface area contributed by atoms with Gasteiger partial charge in [0.2, 0.25) is 11.6 Å². The van der Waals surface area contributed by atoms with Crippen molar-refractivity contribution < 1.29 is 9.59 Å². The molecule has 3 heteroatoms. The van der Waals surface area contributed by atoms with Crippen LogP contribution in [0.4, 0.5) is 5.69 Å². The van der Waals surface area contributed by atoms with Gasteiger partial charge in [-0.15, -0.1) is 0 Å². The molecule has 2 N–H and O–H groups in total. The lowest BCUT2D eigenvalue weighted by atomic mass is 10.0. The van der Waals surface area contributed by atoms with Gasteiger partial charge in [0, 0.05) is 16.8 Å². The van der Waals surface area contributed by atoms with Crippen molar-refractivity contribution in [3.63, 3.8) is 0 Å². The summed E-state index contributed by atoms with van der Waals surface area (Å²) >= 11 is 0. The van der Waals surface area contributed by atoms with Crippen LogP contribution in [0.2, 0.25) is 0 Å². The van der Waals surface area contributed by atoms with Crippen LogP contribution < -0.4 is 5.73 Å². The van der Waals surface area contributed by atoms with E-state index in [0.717, 1.165) is 5.56 Å². The summed E-state index contributed by atoms with van der Waals surface area (Å²) in [5.74, 6) is -1.05. The molecule has 0 radical (unpaired) electrons. The number of rotatable bonds is 3. The number of anilines is 1. The Morgan fingerprint density at radius 3 is 2.11 bits per heavy atom. The lowest BCUT2D eigenvalue weighted by molar-refractivity contribution is 0.0817. The number of nitrogen functional groups attached to an aromatic ring is 1. The number of benzene rings is 2. The highest BCUT2D eigenvalue weighted by atomic mass is 16.2. The van der Waals surface area contributed by atoms with Gasteiger partial charge >= 0.3 is 0 Å². The summed E-state index contributed by atoms with van der Waals surface area (Å²) in [5, 5.41) is 0. The molecule has 0 aliphatic carbocycles. The van der Waals surface area contributed by atoms with Gasteiger partial charge in [0.25, 0.3) is 0 Å². The van der Waals surface area contributed by atoms with E-state index >= 15 is 0 Å². The number of aryl methyl sites for hydroxylation is 1. The molecule has 0 aliphatic rings. The molecule has 2 aromatic carbocycles. The number of carbonyl (C=O) groups excluding carboxylic acids is 2. The normalized spacial score (nSPS) is 10.1. The second kappa shape index (κ2) is 4.84. The van der Waals surface area contributed by atoms with Gasteiger partial charge < -0.3 is 5.73 Å². The fraction of sp³-hybridized carbons (Fsp3) is 0.0667. The van der Waals surface area contributed by atoms with E-state index in [9.17, 15) is 9.59 Å². The lowest BCUT2D eigenvalue weighted by Crippen LogP contribution is -2.14. The first-order valence-electron chi connectivity index (χ1n) is 5.59. The average molecular weight is 239 g/mol. The van der Waals surface area contributed by atoms with Crippen LogP contribution in [0, 0.1) is 6.92 Å². The summed E-state index contributed by atoms with van der Waals surface area (Å²) in [7, 11) is 0. The van der Waals surface area contributed by atoms with Gasteiger partial charge in [0.1, 0.15) is 0 Å². The predicted octanol–water partition coefficient (Wildman–Crippen LogP) is 2.64. The fourth-order valence-corrected chi connectivity index (χ4v) is 1.65. The maximum atomic E-state index is 12.0. The SMILES string of the molecule is Cc1ccc(C(=O)C(=O)c2cccc(N)c2)cc1. The quantitative estimate of drug-likeness (QED) is 0.509. The molecule has 0 fully saturated rings. The number of ketones is 2. The molecule has 3 nitrogen and oxygen atoms in total. The van der Waals surface area contributed by atoms with Crippen molar-refractivity contribution in [3.8, 4) is 0 Å². The van der Waals surface area contributed by atoms with Gasteiger partial charge in [0.15, 0.2) is 0 Å². The monoisotopic (exact) mass is 239 g/mol. The largest absolute Gasteiger partial charge is 0.399 e. The Kier molecular flexibility index (Phi) is 3.24. The van der Waals surface area contributed by atoms with Crippen LogP contribution in [-0.2, 0) is 0 Å². The summed E-state index contributed by atoms with van der Waals surface area (Å²) < 4.78 is 0. The number of carbonyl (C=O) groups is 2. The van der Waals surface area contributed by atoms with E-state index in [1.165, 1.54) is 6.07 Å². The molecule has 0 saturated heterocycles. The highest BCUT2D eigenvalue weighted by Crippen LogP contribution is 2.11. The van der Waals surface area contributed by atoms with Gasteiger partial charge in [-0.2, -0.15) is 0 Å². The Bertz CT molecular complexity index is 600. The number of hydrogen-bond acceptors (Lipinski definition) is 3. The first kappa shape index (κ1) is 12.0. The van der Waals surface area contributed by atoms with E-state index in [2.05, 4.69) is 0 Å². The molecule has 18 heavy (non-hydrogen) atoms. The highest BCUT2D eigenvalue weighted by molar-refractivity contribution is 6.49. The topological polar surface area (TPSA) is 60.2 Å². The minimum Gasteiger partial charge on any atom is -0.399 e. The van der Waals surface area contributed by atoms with Crippen molar-refractivity contribution in [2.45, 2.75) is 6.92 Å². The van der Waals surface area contributed by atoms with Crippen LogP contribution in [0.25, 0.3) is 0 Å². The van der Waals surface area contributed by atoms with Gasteiger partial charge in [-0.05, 0) is 19.1 Å². The molecule has 0 bridgehead atoms. The van der Waals surface area contributed by atoms with Gasteiger partial charge in [-0.1, -0.05) is 42.0 Å².